The van der Waals surface area contributed by atoms with Gasteiger partial charge in [-0.1, -0.05) is 18.2 Å². The van der Waals surface area contributed by atoms with E-state index in [1.807, 2.05) is 6.07 Å². The Kier molecular flexibility index (Phi) is 7.82. The molecule has 166 valence electrons. The number of nitriles is 1. The van der Waals surface area contributed by atoms with E-state index in [9.17, 15) is 17.8 Å². The lowest BCUT2D eigenvalue weighted by atomic mass is 10.1. The standard InChI is InChI=1S/C20H16F2N4O4S2/c21-20(22)30-16-4-2-1-3-14(16)10-26(15-7-5-13(9-23)6-8-15)19-17(24-11-31-19)18(27)25-12-32(28)29/h1-8,11,20H,10,12H2,(H,25,27)(H,28,29). The van der Waals surface area contributed by atoms with E-state index in [2.05, 4.69) is 15.0 Å². The highest BCUT2D eigenvalue weighted by Gasteiger charge is 2.23. The van der Waals surface area contributed by atoms with Crippen LogP contribution in [0, 0.1) is 11.3 Å². The number of aromatic nitrogens is 1. The summed E-state index contributed by atoms with van der Waals surface area (Å²) in [5.41, 5.74) is 2.84. The molecule has 8 nitrogen and oxygen atoms in total. The van der Waals surface area contributed by atoms with Gasteiger partial charge < -0.3 is 19.5 Å². The summed E-state index contributed by atoms with van der Waals surface area (Å²) >= 11 is -1.11. The van der Waals surface area contributed by atoms with Gasteiger partial charge in [0.05, 0.1) is 23.7 Å². The summed E-state index contributed by atoms with van der Waals surface area (Å²) in [5.74, 6) is -1.16. The van der Waals surface area contributed by atoms with Gasteiger partial charge in [0.15, 0.2) is 16.8 Å². The molecule has 0 aliphatic carbocycles. The summed E-state index contributed by atoms with van der Waals surface area (Å²) in [4.78, 5) is 18.3. The lowest BCUT2D eigenvalue weighted by Gasteiger charge is -2.25. The third kappa shape index (κ3) is 5.85. The molecule has 1 atom stereocenters. The third-order valence-electron chi connectivity index (χ3n) is 4.19. The van der Waals surface area contributed by atoms with Crippen LogP contribution < -0.4 is 15.0 Å². The fraction of sp³-hybridized carbons (Fsp3) is 0.150. The Morgan fingerprint density at radius 1 is 1.28 bits per heavy atom. The molecular weight excluding hydrogens is 462 g/mol. The number of nitrogens with one attached hydrogen (secondary N) is 1. The molecule has 0 saturated heterocycles. The van der Waals surface area contributed by atoms with Crippen LogP contribution in [0.15, 0.2) is 54.0 Å². The second kappa shape index (κ2) is 10.8. The van der Waals surface area contributed by atoms with Crippen LogP contribution in [-0.2, 0) is 17.6 Å². The first-order valence-electron chi connectivity index (χ1n) is 8.98. The Balaban J connectivity index is 2.02. The average molecular weight is 479 g/mol. The molecule has 0 aliphatic rings. The number of hydrogen-bond acceptors (Lipinski definition) is 7. The first kappa shape index (κ1) is 23.3. The number of para-hydroxylation sites is 1. The fourth-order valence-electron chi connectivity index (χ4n) is 2.81. The van der Waals surface area contributed by atoms with Crippen molar-refractivity contribution in [3.63, 3.8) is 0 Å². The number of alkyl halides is 2. The highest BCUT2D eigenvalue weighted by molar-refractivity contribution is 7.79. The smallest absolute Gasteiger partial charge is 0.387 e. The van der Waals surface area contributed by atoms with Gasteiger partial charge in [0.1, 0.15) is 16.6 Å². The van der Waals surface area contributed by atoms with E-state index in [1.165, 1.54) is 11.6 Å². The summed E-state index contributed by atoms with van der Waals surface area (Å²) in [6, 6.07) is 14.7. The maximum Gasteiger partial charge on any atom is 0.387 e. The van der Waals surface area contributed by atoms with E-state index >= 15 is 0 Å². The molecule has 3 aromatic rings. The van der Waals surface area contributed by atoms with Crippen molar-refractivity contribution in [2.45, 2.75) is 13.2 Å². The van der Waals surface area contributed by atoms with E-state index in [1.54, 1.807) is 47.4 Å². The summed E-state index contributed by atoms with van der Waals surface area (Å²) in [6.07, 6.45) is 0. The lowest BCUT2D eigenvalue weighted by Crippen LogP contribution is -2.29. The number of thiazole rings is 1. The molecule has 2 aromatic carbocycles. The quantitative estimate of drug-likeness (QED) is 0.449. The number of nitrogens with zero attached hydrogens (tertiary/aromatic N) is 3. The van der Waals surface area contributed by atoms with E-state index in [4.69, 9.17) is 9.81 Å². The maximum absolute atomic E-state index is 12.9. The van der Waals surface area contributed by atoms with Crippen LogP contribution in [0.25, 0.3) is 0 Å². The van der Waals surface area contributed by atoms with Crippen molar-refractivity contribution in [1.82, 2.24) is 10.3 Å². The molecule has 32 heavy (non-hydrogen) atoms. The highest BCUT2D eigenvalue weighted by Crippen LogP contribution is 2.35. The normalized spacial score (nSPS) is 11.6. The zero-order valence-corrected chi connectivity index (χ0v) is 17.9. The number of hydrogen-bond donors (Lipinski definition) is 2. The van der Waals surface area contributed by atoms with Gasteiger partial charge in [-0.2, -0.15) is 14.0 Å². The van der Waals surface area contributed by atoms with Crippen molar-refractivity contribution in [3.05, 3.63) is 70.9 Å². The van der Waals surface area contributed by atoms with Crippen LogP contribution in [0.1, 0.15) is 21.6 Å². The van der Waals surface area contributed by atoms with Crippen molar-refractivity contribution in [3.8, 4) is 11.8 Å². The Bertz CT molecular complexity index is 1150. The number of amides is 1. The molecule has 1 amide bonds. The molecule has 0 radical (unpaired) electrons. The van der Waals surface area contributed by atoms with Crippen molar-refractivity contribution >= 4 is 39.0 Å². The van der Waals surface area contributed by atoms with Gasteiger partial charge in [-0.05, 0) is 30.3 Å². The van der Waals surface area contributed by atoms with Crippen LogP contribution in [-0.4, -0.2) is 32.1 Å². The zero-order chi connectivity index (χ0) is 23.1. The molecule has 1 heterocycles. The number of carbonyl (C=O) groups is 1. The summed E-state index contributed by atoms with van der Waals surface area (Å²) in [6.45, 7) is -2.97. The van der Waals surface area contributed by atoms with Gasteiger partial charge in [-0.15, -0.1) is 11.3 Å². The molecule has 0 saturated carbocycles. The Hall–Kier alpha value is -3.40. The minimum Gasteiger partial charge on any atom is -0.434 e. The second-order valence-corrected chi connectivity index (χ2v) is 7.97. The summed E-state index contributed by atoms with van der Waals surface area (Å²) in [7, 11) is 0. The fourth-order valence-corrected chi connectivity index (χ4v) is 3.88. The Morgan fingerprint density at radius 2 is 2.00 bits per heavy atom. The molecule has 2 N–H and O–H groups in total. The number of ether oxygens (including phenoxy) is 1. The molecule has 0 spiro atoms. The van der Waals surface area contributed by atoms with Crippen LogP contribution in [0.5, 0.6) is 5.75 Å². The molecular formula is C20H16F2N4O4S2. The number of halogens is 2. The van der Waals surface area contributed by atoms with E-state index in [0.29, 0.717) is 21.8 Å². The predicted octanol–water partition coefficient (Wildman–Crippen LogP) is 3.86. The molecule has 1 aromatic heterocycles. The SMILES string of the molecule is N#Cc1ccc(N(Cc2ccccc2OC(F)F)c2scnc2C(=O)NCS(=O)O)cc1. The maximum atomic E-state index is 12.9. The summed E-state index contributed by atoms with van der Waals surface area (Å²) in [5, 5.41) is 11.8. The molecule has 0 bridgehead atoms. The number of rotatable bonds is 9. The Labute approximate surface area is 188 Å². The third-order valence-corrected chi connectivity index (χ3v) is 5.43. The first-order valence-corrected chi connectivity index (χ1v) is 11.1. The van der Waals surface area contributed by atoms with E-state index in [-0.39, 0.29) is 18.0 Å². The van der Waals surface area contributed by atoms with Gasteiger partial charge in [0.25, 0.3) is 5.91 Å². The van der Waals surface area contributed by atoms with Gasteiger partial charge in [0.2, 0.25) is 0 Å². The van der Waals surface area contributed by atoms with E-state index in [0.717, 1.165) is 11.3 Å². The topological polar surface area (TPSA) is 116 Å². The van der Waals surface area contributed by atoms with Crippen molar-refractivity contribution in [2.24, 2.45) is 0 Å². The van der Waals surface area contributed by atoms with Crippen molar-refractivity contribution in [2.75, 3.05) is 10.8 Å². The highest BCUT2D eigenvalue weighted by atomic mass is 32.2. The number of anilines is 2. The first-order chi connectivity index (χ1) is 15.4. The van der Waals surface area contributed by atoms with Crippen LogP contribution in [0.3, 0.4) is 0 Å². The molecule has 1 unspecified atom stereocenters. The zero-order valence-electron chi connectivity index (χ0n) is 16.3. The molecule has 3 rings (SSSR count). The lowest BCUT2D eigenvalue weighted by molar-refractivity contribution is -0.0504. The largest absolute Gasteiger partial charge is 0.434 e. The average Bonchev–Trinajstić information content (AvgIpc) is 3.26. The van der Waals surface area contributed by atoms with Gasteiger partial charge in [-0.3, -0.25) is 4.79 Å². The van der Waals surface area contributed by atoms with Crippen molar-refractivity contribution in [1.29, 1.82) is 5.26 Å². The number of benzene rings is 2. The van der Waals surface area contributed by atoms with Crippen molar-refractivity contribution < 1.29 is 27.1 Å². The van der Waals surface area contributed by atoms with Gasteiger partial charge in [-0.25, -0.2) is 9.19 Å². The van der Waals surface area contributed by atoms with Gasteiger partial charge in [0, 0.05) is 11.3 Å². The molecule has 0 aliphatic heterocycles. The predicted molar refractivity (Wildman–Crippen MR) is 115 cm³/mol. The molecule has 0 fully saturated rings. The summed E-state index contributed by atoms with van der Waals surface area (Å²) < 4.78 is 50.2. The van der Waals surface area contributed by atoms with Gasteiger partial charge >= 0.3 is 6.61 Å². The van der Waals surface area contributed by atoms with Crippen LogP contribution in [0.4, 0.5) is 19.5 Å². The second-order valence-electron chi connectivity index (χ2n) is 6.21. The Morgan fingerprint density at radius 3 is 2.66 bits per heavy atom. The number of carbonyl (C=O) groups excluding carboxylic acids is 1. The van der Waals surface area contributed by atoms with Crippen LogP contribution in [0.2, 0.25) is 0 Å². The molecule has 12 heteroatoms. The minimum absolute atomic E-state index is 0.00271. The van der Waals surface area contributed by atoms with Crippen LogP contribution >= 0.6 is 11.3 Å². The minimum atomic E-state index is -3.01. The monoisotopic (exact) mass is 478 g/mol. The van der Waals surface area contributed by atoms with E-state index < -0.39 is 29.5 Å².